The van der Waals surface area contributed by atoms with E-state index >= 15 is 0 Å². The summed E-state index contributed by atoms with van der Waals surface area (Å²) in [5.74, 6) is 0.121. The molecule has 10 heteroatoms. The number of piperazine rings is 1. The Kier molecular flexibility index (Phi) is 7.67. The second kappa shape index (κ2) is 10.3. The SMILES string of the molecule is CC(=O)O[C@@H]1[C][C@@]2(O)[C@H](C)CC[C@@H]([C@@H](C)CN3CCN(c4nccc(C(F)(F)F)n4)CC3)[C@H]2C=C1C. The van der Waals surface area contributed by atoms with Gasteiger partial charge in [0.05, 0.1) is 12.0 Å². The fraction of sp³-hybridized carbons (Fsp3) is 0.692. The number of aliphatic hydroxyl groups is 1. The zero-order valence-electron chi connectivity index (χ0n) is 21.3. The van der Waals surface area contributed by atoms with Crippen LogP contribution in [0.2, 0.25) is 0 Å². The van der Waals surface area contributed by atoms with Crippen molar-refractivity contribution in [1.82, 2.24) is 14.9 Å². The van der Waals surface area contributed by atoms with Gasteiger partial charge in [0.25, 0.3) is 0 Å². The van der Waals surface area contributed by atoms with Gasteiger partial charge in [-0.05, 0) is 49.2 Å². The summed E-state index contributed by atoms with van der Waals surface area (Å²) in [4.78, 5) is 23.4. The Bertz CT molecular complexity index is 979. The number of fused-ring (bicyclic) bond motifs is 1. The molecule has 0 amide bonds. The van der Waals surface area contributed by atoms with E-state index in [2.05, 4.69) is 34.3 Å². The molecule has 4 rings (SSSR count). The molecule has 0 aromatic carbocycles. The Morgan fingerprint density at radius 1 is 1.31 bits per heavy atom. The number of rotatable bonds is 5. The molecule has 1 aliphatic heterocycles. The maximum absolute atomic E-state index is 13.0. The molecule has 1 aromatic rings. The maximum Gasteiger partial charge on any atom is 0.433 e. The van der Waals surface area contributed by atoms with E-state index in [-0.39, 0.29) is 29.6 Å². The van der Waals surface area contributed by atoms with Crippen LogP contribution in [0, 0.1) is 30.1 Å². The first-order chi connectivity index (χ1) is 16.9. The third-order valence-electron chi connectivity index (χ3n) is 8.02. The Morgan fingerprint density at radius 2 is 2.00 bits per heavy atom. The molecule has 2 aliphatic carbocycles. The van der Waals surface area contributed by atoms with Crippen molar-refractivity contribution in [3.8, 4) is 0 Å². The standard InChI is InChI=1S/C26H35F3N4O3/c1-16-13-21-20(6-5-18(3)25(21,35)14-22(16)36-19(4)34)17(2)15-32-9-11-33(12-10-32)24-30-8-7-23(31-24)26(27,28)29/h7-8,13,17-18,20-22,35H,5-6,9-12,15H2,1-4H3/t17-,18+,20-,21+,22+,25+/m0/s1. The van der Waals surface area contributed by atoms with Crippen molar-refractivity contribution in [3.63, 3.8) is 0 Å². The molecule has 2 heterocycles. The van der Waals surface area contributed by atoms with Gasteiger partial charge in [-0.15, -0.1) is 0 Å². The van der Waals surface area contributed by atoms with Gasteiger partial charge in [-0.3, -0.25) is 9.69 Å². The molecule has 0 unspecified atom stereocenters. The molecular weight excluding hydrogens is 473 g/mol. The second-order valence-corrected chi connectivity index (χ2v) is 10.5. The number of ether oxygens (including phenoxy) is 1. The van der Waals surface area contributed by atoms with Crippen LogP contribution in [-0.4, -0.2) is 70.4 Å². The van der Waals surface area contributed by atoms with Gasteiger partial charge in [-0.25, -0.2) is 9.97 Å². The number of hydrogen-bond acceptors (Lipinski definition) is 7. The first-order valence-electron chi connectivity index (χ1n) is 12.6. The number of alkyl halides is 3. The fourth-order valence-corrected chi connectivity index (χ4v) is 5.94. The molecule has 7 nitrogen and oxygen atoms in total. The number of esters is 1. The normalized spacial score (nSPS) is 32.4. The van der Waals surface area contributed by atoms with Crippen molar-refractivity contribution >= 4 is 11.9 Å². The number of halogens is 3. The van der Waals surface area contributed by atoms with Crippen LogP contribution in [0.5, 0.6) is 0 Å². The average molecular weight is 509 g/mol. The summed E-state index contributed by atoms with van der Waals surface area (Å²) in [7, 11) is 0. The third kappa shape index (κ3) is 5.54. The summed E-state index contributed by atoms with van der Waals surface area (Å²) < 4.78 is 44.5. The highest BCUT2D eigenvalue weighted by molar-refractivity contribution is 5.66. The number of anilines is 1. The lowest BCUT2D eigenvalue weighted by atomic mass is 9.57. The Hall–Kier alpha value is -2.20. The quantitative estimate of drug-likeness (QED) is 0.481. The van der Waals surface area contributed by atoms with Gasteiger partial charge < -0.3 is 14.7 Å². The molecular formula is C26H35F3N4O3. The smallest absolute Gasteiger partial charge is 0.433 e. The number of hydrogen-bond donors (Lipinski definition) is 1. The van der Waals surface area contributed by atoms with Crippen LogP contribution in [0.4, 0.5) is 19.1 Å². The van der Waals surface area contributed by atoms with Gasteiger partial charge in [0, 0.05) is 51.8 Å². The fourth-order valence-electron chi connectivity index (χ4n) is 5.94. The summed E-state index contributed by atoms with van der Waals surface area (Å²) >= 11 is 0. The van der Waals surface area contributed by atoms with Crippen molar-refractivity contribution in [2.45, 2.75) is 58.4 Å². The zero-order chi connectivity index (χ0) is 26.3. The van der Waals surface area contributed by atoms with E-state index in [1.54, 1.807) is 4.90 Å². The highest BCUT2D eigenvalue weighted by Crippen LogP contribution is 2.50. The van der Waals surface area contributed by atoms with Crippen molar-refractivity contribution in [3.05, 3.63) is 36.0 Å². The first-order valence-corrected chi connectivity index (χ1v) is 12.6. The van der Waals surface area contributed by atoms with E-state index in [9.17, 15) is 23.1 Å². The highest BCUT2D eigenvalue weighted by Gasteiger charge is 2.53. The van der Waals surface area contributed by atoms with Crippen LogP contribution in [0.1, 0.15) is 46.2 Å². The minimum Gasteiger partial charge on any atom is -0.457 e. The van der Waals surface area contributed by atoms with Crippen LogP contribution in [-0.2, 0) is 15.7 Å². The molecule has 2 fully saturated rings. The highest BCUT2D eigenvalue weighted by atomic mass is 19.4. The first kappa shape index (κ1) is 26.9. The molecule has 198 valence electrons. The van der Waals surface area contributed by atoms with Gasteiger partial charge in [0.2, 0.25) is 5.95 Å². The molecule has 6 atom stereocenters. The van der Waals surface area contributed by atoms with Gasteiger partial charge in [0.1, 0.15) is 11.8 Å². The number of nitrogens with zero attached hydrogens (tertiary/aromatic N) is 4. The van der Waals surface area contributed by atoms with Gasteiger partial charge >= 0.3 is 12.1 Å². The van der Waals surface area contributed by atoms with Gasteiger partial charge in [-0.2, -0.15) is 13.2 Å². The van der Waals surface area contributed by atoms with Crippen molar-refractivity contribution < 1.29 is 27.8 Å². The predicted octanol–water partition coefficient (Wildman–Crippen LogP) is 3.62. The van der Waals surface area contributed by atoms with Crippen LogP contribution < -0.4 is 4.90 Å². The predicted molar refractivity (Wildman–Crippen MR) is 128 cm³/mol. The van der Waals surface area contributed by atoms with Gasteiger partial charge in [0.15, 0.2) is 0 Å². The molecule has 0 bridgehead atoms. The van der Waals surface area contributed by atoms with E-state index < -0.39 is 29.5 Å². The van der Waals surface area contributed by atoms with Crippen molar-refractivity contribution in [2.24, 2.45) is 23.7 Å². The molecule has 3 aliphatic rings. The Balaban J connectivity index is 1.39. The summed E-state index contributed by atoms with van der Waals surface area (Å²) in [5, 5.41) is 11.7. The summed E-state index contributed by atoms with van der Waals surface area (Å²) in [6, 6.07) is 0.887. The number of aromatic nitrogens is 2. The minimum absolute atomic E-state index is 0.00404. The van der Waals surface area contributed by atoms with E-state index in [4.69, 9.17) is 4.74 Å². The van der Waals surface area contributed by atoms with E-state index in [1.807, 2.05) is 13.8 Å². The van der Waals surface area contributed by atoms with Crippen LogP contribution >= 0.6 is 0 Å². The summed E-state index contributed by atoms with van der Waals surface area (Å²) in [6.45, 7) is 10.8. The van der Waals surface area contributed by atoms with E-state index in [0.29, 0.717) is 26.2 Å². The van der Waals surface area contributed by atoms with Crippen molar-refractivity contribution in [1.29, 1.82) is 0 Å². The second-order valence-electron chi connectivity index (χ2n) is 10.5. The maximum atomic E-state index is 13.0. The minimum atomic E-state index is -4.49. The molecule has 1 N–H and O–H groups in total. The average Bonchev–Trinajstić information content (AvgIpc) is 2.81. The van der Waals surface area contributed by atoms with E-state index in [0.717, 1.165) is 37.2 Å². The van der Waals surface area contributed by atoms with Crippen LogP contribution in [0.25, 0.3) is 0 Å². The lowest BCUT2D eigenvalue weighted by Gasteiger charge is -2.53. The lowest BCUT2D eigenvalue weighted by molar-refractivity contribution is -0.148. The summed E-state index contributed by atoms with van der Waals surface area (Å²) in [5.41, 5.74) is -1.19. The Labute approximate surface area is 210 Å². The molecule has 2 radical (unpaired) electrons. The number of carbonyl (C=O) groups is 1. The largest absolute Gasteiger partial charge is 0.457 e. The number of carbonyl (C=O) groups excluding carboxylic acids is 1. The monoisotopic (exact) mass is 508 g/mol. The van der Waals surface area contributed by atoms with Crippen LogP contribution in [0.15, 0.2) is 23.9 Å². The van der Waals surface area contributed by atoms with Gasteiger partial charge in [-0.1, -0.05) is 19.9 Å². The Morgan fingerprint density at radius 3 is 2.64 bits per heavy atom. The van der Waals surface area contributed by atoms with E-state index in [1.165, 1.54) is 6.92 Å². The lowest BCUT2D eigenvalue weighted by Crippen LogP contribution is -2.57. The molecule has 1 aromatic heterocycles. The third-order valence-corrected chi connectivity index (χ3v) is 8.02. The topological polar surface area (TPSA) is 78.8 Å². The van der Waals surface area contributed by atoms with Crippen LogP contribution in [0.3, 0.4) is 0 Å². The molecule has 0 spiro atoms. The molecule has 1 saturated heterocycles. The molecule has 36 heavy (non-hydrogen) atoms. The zero-order valence-corrected chi connectivity index (χ0v) is 21.3. The summed E-state index contributed by atoms with van der Waals surface area (Å²) in [6.07, 6.45) is 3.16. The molecule has 1 saturated carbocycles. The van der Waals surface area contributed by atoms with Crippen molar-refractivity contribution in [2.75, 3.05) is 37.6 Å².